The zero-order chi connectivity index (χ0) is 33.3. The molecule has 0 aromatic heterocycles. The molecule has 6 unspecified atom stereocenters. The highest BCUT2D eigenvalue weighted by Crippen LogP contribution is 2.68. The summed E-state index contributed by atoms with van der Waals surface area (Å²) in [6, 6.07) is 41.8. The molecule has 242 valence electrons. The van der Waals surface area contributed by atoms with Crippen LogP contribution >= 0.6 is 8.58 Å². The Kier molecular flexibility index (Phi) is 5.72. The fourth-order valence-corrected chi connectivity index (χ4v) is 12.8. The number of anilines is 2. The number of benzene rings is 5. The van der Waals surface area contributed by atoms with E-state index in [0.29, 0.717) is 20.2 Å². The van der Waals surface area contributed by atoms with Crippen LogP contribution in [0.4, 0.5) is 11.4 Å². The normalized spacial score (nSPS) is 26.7. The highest BCUT2D eigenvalue weighted by Gasteiger charge is 2.60. The maximum atomic E-state index is 5.11. The topological polar surface area (TPSA) is 17.3 Å². The maximum Gasteiger partial charge on any atom is 0.0676 e. The van der Waals surface area contributed by atoms with E-state index in [1.807, 2.05) is 0 Å². The lowest BCUT2D eigenvalue weighted by Gasteiger charge is -2.52. The predicted octanol–water partition coefficient (Wildman–Crippen LogP) is 10.8. The molecule has 51 heavy (non-hydrogen) atoms. The number of para-hydroxylation sites is 2. The van der Waals surface area contributed by atoms with Gasteiger partial charge < -0.3 is 10.2 Å². The van der Waals surface area contributed by atoms with Gasteiger partial charge in [0.1, 0.15) is 0 Å². The third kappa shape index (κ3) is 3.52. The van der Waals surface area contributed by atoms with Crippen molar-refractivity contribution in [2.75, 3.05) is 11.4 Å². The number of hydrogen-bond acceptors (Lipinski definition) is 1. The van der Waals surface area contributed by atoms with Crippen molar-refractivity contribution in [1.29, 1.82) is 0 Å². The van der Waals surface area contributed by atoms with E-state index in [1.54, 1.807) is 5.30 Å². The summed E-state index contributed by atoms with van der Waals surface area (Å²) in [5, 5.41) is 6.67. The smallest absolute Gasteiger partial charge is 0.0676 e. The largest absolute Gasteiger partial charge is 0.681 e. The molecule has 2 nitrogen and oxygen atoms in total. The highest BCUT2D eigenvalue weighted by atomic mass is 31.1. The molecule has 3 heteroatoms. The second kappa shape index (κ2) is 10.3. The van der Waals surface area contributed by atoms with Crippen LogP contribution in [0.2, 0.25) is 0 Å². The third-order valence-corrected chi connectivity index (χ3v) is 14.4. The molecule has 5 aromatic rings. The van der Waals surface area contributed by atoms with E-state index in [0.717, 1.165) is 12.2 Å². The van der Waals surface area contributed by atoms with Crippen LogP contribution in [0.1, 0.15) is 44.9 Å². The molecule has 5 aromatic carbocycles. The van der Waals surface area contributed by atoms with Crippen molar-refractivity contribution in [1.82, 2.24) is 0 Å². The lowest BCUT2D eigenvalue weighted by atomic mass is 9.57. The van der Waals surface area contributed by atoms with Crippen LogP contribution in [0, 0.1) is 5.92 Å². The predicted molar refractivity (Wildman–Crippen MR) is 215 cm³/mol. The molecule has 0 saturated carbocycles. The molecule has 4 aliphatic heterocycles. The van der Waals surface area contributed by atoms with Crippen molar-refractivity contribution in [3.63, 3.8) is 0 Å². The molecule has 0 bridgehead atoms. The van der Waals surface area contributed by atoms with E-state index in [2.05, 4.69) is 169 Å². The van der Waals surface area contributed by atoms with Crippen LogP contribution in [-0.2, 0) is 5.41 Å². The van der Waals surface area contributed by atoms with Gasteiger partial charge in [-0.1, -0.05) is 154 Å². The molecule has 0 saturated heterocycles. The van der Waals surface area contributed by atoms with Crippen molar-refractivity contribution in [3.05, 3.63) is 208 Å². The first-order chi connectivity index (χ1) is 25.3. The van der Waals surface area contributed by atoms with Gasteiger partial charge in [-0.25, -0.2) is 0 Å². The molecule has 0 N–H and O–H groups in total. The zero-order valence-corrected chi connectivity index (χ0v) is 29.0. The van der Waals surface area contributed by atoms with Gasteiger partial charge in [0.2, 0.25) is 0 Å². The van der Waals surface area contributed by atoms with Gasteiger partial charge in [0.15, 0.2) is 0 Å². The number of fused-ring (bicyclic) bond motifs is 16. The van der Waals surface area contributed by atoms with E-state index in [-0.39, 0.29) is 17.4 Å². The monoisotopic (exact) mass is 669 g/mol. The molecule has 0 fully saturated rings. The summed E-state index contributed by atoms with van der Waals surface area (Å²) >= 11 is 0. The molecular weight excluding hydrogens is 636 g/mol. The first-order valence-corrected chi connectivity index (χ1v) is 19.3. The van der Waals surface area contributed by atoms with Gasteiger partial charge >= 0.3 is 0 Å². The van der Waals surface area contributed by atoms with E-state index in [9.17, 15) is 0 Å². The van der Waals surface area contributed by atoms with Gasteiger partial charge in [-0.3, -0.25) is 0 Å². The second-order valence-electron chi connectivity index (χ2n) is 14.7. The number of nitrogens with zero attached hydrogens (tertiary/aromatic N) is 2. The van der Waals surface area contributed by atoms with E-state index in [1.165, 1.54) is 72.6 Å². The van der Waals surface area contributed by atoms with Gasteiger partial charge in [0.25, 0.3) is 0 Å². The van der Waals surface area contributed by atoms with Crippen LogP contribution < -0.4 is 10.2 Å². The van der Waals surface area contributed by atoms with Crippen molar-refractivity contribution in [2.24, 2.45) is 5.92 Å². The van der Waals surface area contributed by atoms with Crippen LogP contribution in [-0.4, -0.2) is 18.2 Å². The quantitative estimate of drug-likeness (QED) is 0.171. The summed E-state index contributed by atoms with van der Waals surface area (Å²) in [5.41, 5.74) is 19.4. The Bertz CT molecular complexity index is 2550. The van der Waals surface area contributed by atoms with Crippen LogP contribution in [0.3, 0.4) is 0 Å². The summed E-state index contributed by atoms with van der Waals surface area (Å²) in [7, 11) is 0.679. The van der Waals surface area contributed by atoms with E-state index in [4.69, 9.17) is 5.32 Å². The molecule has 4 heterocycles. The van der Waals surface area contributed by atoms with Crippen molar-refractivity contribution < 1.29 is 0 Å². The molecular formula is C48H34N2P-. The van der Waals surface area contributed by atoms with Gasteiger partial charge in [0.05, 0.1) is 11.5 Å². The van der Waals surface area contributed by atoms with Crippen LogP contribution in [0.25, 0.3) is 33.3 Å². The average Bonchev–Trinajstić information content (AvgIpc) is 3.85. The van der Waals surface area contributed by atoms with Crippen molar-refractivity contribution in [2.45, 2.75) is 23.0 Å². The molecule has 0 amide bonds. The SMILES string of the molecule is C1=CC[N-]C(c2cccc3c2-c2c(ccc4c2PC2C(c5ccccc5)=CC=CC42)C32c3ccccc3N3c4ccccc4C4=CC=CC2C43)=C1. The molecule has 6 atom stereocenters. The minimum Gasteiger partial charge on any atom is -0.681 e. The lowest BCUT2D eigenvalue weighted by molar-refractivity contribution is 0.404. The molecule has 12 rings (SSSR count). The van der Waals surface area contributed by atoms with Crippen molar-refractivity contribution in [3.8, 4) is 11.1 Å². The fourth-order valence-electron chi connectivity index (χ4n) is 10.8. The van der Waals surface area contributed by atoms with Crippen LogP contribution in [0.5, 0.6) is 0 Å². The summed E-state index contributed by atoms with van der Waals surface area (Å²) < 4.78 is 0. The first kappa shape index (κ1) is 28.3. The Morgan fingerprint density at radius 1 is 0.627 bits per heavy atom. The highest BCUT2D eigenvalue weighted by molar-refractivity contribution is 7.50. The molecule has 0 radical (unpaired) electrons. The van der Waals surface area contributed by atoms with Gasteiger partial charge in [0, 0.05) is 34.4 Å². The standard InChI is InChI=1S/C48H34N2P/c1-2-13-29(14-3-1)30-16-10-18-33-34-26-27-38-44(47(34)51-46(30)33)43-35(40-23-8-9-28-49-40)19-12-21-37(43)48(38)36-20-5-7-25-42(36)50-41-24-6-4-15-31(41)32-17-11-22-39(48)45(32)50/h1-27,33,39,45-46,51H,28H2/q-1. The summed E-state index contributed by atoms with van der Waals surface area (Å²) in [6.45, 7) is 0.722. The molecule has 1 spiro atoms. The number of allylic oxidation sites excluding steroid dienone is 8. The maximum absolute atomic E-state index is 5.11. The van der Waals surface area contributed by atoms with Gasteiger partial charge in [-0.15, -0.1) is 18.3 Å². The average molecular weight is 670 g/mol. The minimum absolute atomic E-state index is 0.206. The second-order valence-corrected chi connectivity index (χ2v) is 16.1. The Morgan fingerprint density at radius 2 is 1.39 bits per heavy atom. The first-order valence-electron chi connectivity index (χ1n) is 18.3. The Hall–Kier alpha value is -5.43. The minimum atomic E-state index is -0.358. The lowest BCUT2D eigenvalue weighted by Crippen LogP contribution is -2.52. The Labute approximate surface area is 300 Å². The Morgan fingerprint density at radius 3 is 2.29 bits per heavy atom. The zero-order valence-electron chi connectivity index (χ0n) is 28.0. The van der Waals surface area contributed by atoms with E-state index < -0.39 is 0 Å². The fraction of sp³-hybridized carbons (Fsp3) is 0.125. The van der Waals surface area contributed by atoms with Crippen LogP contribution in [0.15, 0.2) is 164 Å². The number of rotatable bonds is 2. The number of hydrogen-bond donors (Lipinski definition) is 0. The molecule has 7 aliphatic rings. The Balaban J connectivity index is 1.17. The van der Waals surface area contributed by atoms with E-state index >= 15 is 0 Å². The summed E-state index contributed by atoms with van der Waals surface area (Å²) in [4.78, 5) is 2.66. The molecule has 3 aliphatic carbocycles. The van der Waals surface area contributed by atoms with Gasteiger partial charge in [-0.2, -0.15) is 0 Å². The summed E-state index contributed by atoms with van der Waals surface area (Å²) in [5.74, 6) is 0.581. The summed E-state index contributed by atoms with van der Waals surface area (Å²) in [6.07, 6.45) is 21.0. The van der Waals surface area contributed by atoms with Gasteiger partial charge in [-0.05, 0) is 73.1 Å². The third-order valence-electron chi connectivity index (χ3n) is 12.6. The van der Waals surface area contributed by atoms with Crippen molar-refractivity contribution >= 4 is 42.1 Å².